The van der Waals surface area contributed by atoms with Crippen LogP contribution in [-0.4, -0.2) is 49.2 Å². The second-order valence-corrected chi connectivity index (χ2v) is 10.0. The van der Waals surface area contributed by atoms with Crippen molar-refractivity contribution < 1.29 is 18.0 Å². The molecule has 0 radical (unpaired) electrons. The molecule has 2 amide bonds. The van der Waals surface area contributed by atoms with Gasteiger partial charge in [0.1, 0.15) is 0 Å². The molecule has 10 heteroatoms. The Morgan fingerprint density at radius 1 is 1.17 bits per heavy atom. The van der Waals surface area contributed by atoms with E-state index >= 15 is 0 Å². The van der Waals surface area contributed by atoms with E-state index in [1.54, 1.807) is 28.6 Å². The fourth-order valence-corrected chi connectivity index (χ4v) is 5.79. The van der Waals surface area contributed by atoms with Crippen molar-refractivity contribution in [1.29, 1.82) is 0 Å². The average Bonchev–Trinajstić information content (AvgIpc) is 3.40. The molecular weight excluding hydrogens is 412 g/mol. The van der Waals surface area contributed by atoms with Crippen molar-refractivity contribution in [3.8, 4) is 0 Å². The van der Waals surface area contributed by atoms with Crippen LogP contribution in [0.1, 0.15) is 25.7 Å². The molecule has 1 unspecified atom stereocenters. The van der Waals surface area contributed by atoms with Gasteiger partial charge in [-0.1, -0.05) is 0 Å². The standard InChI is InChI=1S/C19H22N4O4S2/c24-17-4-2-11-23(17)15-5-7-16(8-6-15)29(26,27)22-10-1-3-14(13-22)18(25)21-19-20-9-12-28-19/h5-9,12,14H,1-4,10-11,13H2,(H,20,21,25). The van der Waals surface area contributed by atoms with Crippen LogP contribution < -0.4 is 10.2 Å². The molecular formula is C19H22N4O4S2. The summed E-state index contributed by atoms with van der Waals surface area (Å²) >= 11 is 1.33. The molecule has 29 heavy (non-hydrogen) atoms. The van der Waals surface area contributed by atoms with E-state index in [0.29, 0.717) is 43.2 Å². The van der Waals surface area contributed by atoms with Crippen molar-refractivity contribution in [2.45, 2.75) is 30.6 Å². The third-order valence-corrected chi connectivity index (χ3v) is 7.84. The zero-order chi connectivity index (χ0) is 20.4. The largest absolute Gasteiger partial charge is 0.312 e. The molecule has 0 aliphatic carbocycles. The number of thiazole rings is 1. The monoisotopic (exact) mass is 434 g/mol. The Morgan fingerprint density at radius 3 is 2.62 bits per heavy atom. The number of anilines is 2. The van der Waals surface area contributed by atoms with E-state index in [9.17, 15) is 18.0 Å². The highest BCUT2D eigenvalue weighted by Crippen LogP contribution is 2.27. The molecule has 2 aliphatic rings. The van der Waals surface area contributed by atoms with Crippen molar-refractivity contribution in [2.75, 3.05) is 29.9 Å². The summed E-state index contributed by atoms with van der Waals surface area (Å²) in [6.07, 6.45) is 4.21. The first-order valence-corrected chi connectivity index (χ1v) is 11.9. The van der Waals surface area contributed by atoms with Gasteiger partial charge in [0.05, 0.1) is 10.8 Å². The number of nitrogens with zero attached hydrogens (tertiary/aromatic N) is 3. The predicted molar refractivity (Wildman–Crippen MR) is 110 cm³/mol. The van der Waals surface area contributed by atoms with Gasteiger partial charge in [0, 0.05) is 43.3 Å². The highest BCUT2D eigenvalue weighted by atomic mass is 32.2. The molecule has 1 aromatic heterocycles. The van der Waals surface area contributed by atoms with Crippen LogP contribution in [0.3, 0.4) is 0 Å². The number of sulfonamides is 1. The Hall–Kier alpha value is -2.30. The molecule has 2 fully saturated rings. The lowest BCUT2D eigenvalue weighted by atomic mass is 9.99. The number of benzene rings is 1. The summed E-state index contributed by atoms with van der Waals surface area (Å²) in [7, 11) is -3.71. The van der Waals surface area contributed by atoms with Gasteiger partial charge in [-0.15, -0.1) is 11.3 Å². The fraction of sp³-hybridized carbons (Fsp3) is 0.421. The molecule has 2 aliphatic heterocycles. The summed E-state index contributed by atoms with van der Waals surface area (Å²) in [5.74, 6) is -0.558. The second-order valence-electron chi connectivity index (χ2n) is 7.17. The first kappa shape index (κ1) is 20.0. The summed E-state index contributed by atoms with van der Waals surface area (Å²) in [6.45, 7) is 1.19. The Morgan fingerprint density at radius 2 is 1.97 bits per heavy atom. The molecule has 1 aromatic carbocycles. The average molecular weight is 435 g/mol. The Balaban J connectivity index is 1.46. The van der Waals surface area contributed by atoms with Crippen LogP contribution in [0, 0.1) is 5.92 Å². The molecule has 8 nitrogen and oxygen atoms in total. The van der Waals surface area contributed by atoms with Gasteiger partial charge in [-0.2, -0.15) is 4.31 Å². The molecule has 2 saturated heterocycles. The zero-order valence-electron chi connectivity index (χ0n) is 15.8. The van der Waals surface area contributed by atoms with E-state index in [1.165, 1.54) is 27.8 Å². The van der Waals surface area contributed by atoms with Gasteiger partial charge in [0.25, 0.3) is 0 Å². The van der Waals surface area contributed by atoms with Crippen molar-refractivity contribution in [1.82, 2.24) is 9.29 Å². The molecule has 0 saturated carbocycles. The van der Waals surface area contributed by atoms with Crippen molar-refractivity contribution in [3.63, 3.8) is 0 Å². The van der Waals surface area contributed by atoms with E-state index in [2.05, 4.69) is 10.3 Å². The Bertz CT molecular complexity index is 990. The molecule has 154 valence electrons. The molecule has 2 aromatic rings. The zero-order valence-corrected chi connectivity index (χ0v) is 17.4. The number of hydrogen-bond donors (Lipinski definition) is 1. The first-order chi connectivity index (χ1) is 13.9. The summed E-state index contributed by atoms with van der Waals surface area (Å²) in [5.41, 5.74) is 0.714. The SMILES string of the molecule is O=C(Nc1nccs1)C1CCCN(S(=O)(=O)c2ccc(N3CCCC3=O)cc2)C1. The number of amides is 2. The lowest BCUT2D eigenvalue weighted by Gasteiger charge is -2.31. The number of aromatic nitrogens is 1. The number of carbonyl (C=O) groups is 2. The number of nitrogens with one attached hydrogen (secondary N) is 1. The second kappa shape index (κ2) is 8.21. The van der Waals surface area contributed by atoms with E-state index in [0.717, 1.165) is 6.42 Å². The van der Waals surface area contributed by atoms with E-state index in [1.807, 2.05) is 0 Å². The van der Waals surface area contributed by atoms with Crippen LogP contribution in [0.5, 0.6) is 0 Å². The van der Waals surface area contributed by atoms with Gasteiger partial charge in [-0.25, -0.2) is 13.4 Å². The maximum Gasteiger partial charge on any atom is 0.243 e. The van der Waals surface area contributed by atoms with Crippen LogP contribution in [0.15, 0.2) is 40.7 Å². The quantitative estimate of drug-likeness (QED) is 0.778. The number of piperidine rings is 1. The number of rotatable bonds is 5. The summed E-state index contributed by atoms with van der Waals surface area (Å²) in [4.78, 5) is 30.3. The van der Waals surface area contributed by atoms with Gasteiger partial charge < -0.3 is 10.2 Å². The topological polar surface area (TPSA) is 99.7 Å². The minimum atomic E-state index is -3.71. The van der Waals surface area contributed by atoms with E-state index in [-0.39, 0.29) is 23.3 Å². The van der Waals surface area contributed by atoms with E-state index in [4.69, 9.17) is 0 Å². The molecule has 3 heterocycles. The molecule has 0 spiro atoms. The summed E-state index contributed by atoms with van der Waals surface area (Å²) < 4.78 is 27.5. The lowest BCUT2D eigenvalue weighted by Crippen LogP contribution is -2.43. The van der Waals surface area contributed by atoms with Crippen LogP contribution >= 0.6 is 11.3 Å². The third-order valence-electron chi connectivity index (χ3n) is 5.28. The van der Waals surface area contributed by atoms with Crippen molar-refractivity contribution in [2.24, 2.45) is 5.92 Å². The third kappa shape index (κ3) is 4.19. The van der Waals surface area contributed by atoms with Gasteiger partial charge >= 0.3 is 0 Å². The van der Waals surface area contributed by atoms with Crippen molar-refractivity contribution >= 4 is 44.0 Å². The summed E-state index contributed by atoms with van der Waals surface area (Å²) in [5, 5.41) is 5.04. The maximum atomic E-state index is 13.1. The Kier molecular flexibility index (Phi) is 5.66. The van der Waals surface area contributed by atoms with Crippen LogP contribution in [-0.2, 0) is 19.6 Å². The molecule has 0 bridgehead atoms. The van der Waals surface area contributed by atoms with Crippen LogP contribution in [0.2, 0.25) is 0 Å². The highest BCUT2D eigenvalue weighted by molar-refractivity contribution is 7.89. The first-order valence-electron chi connectivity index (χ1n) is 9.56. The van der Waals surface area contributed by atoms with Gasteiger partial charge in [-0.05, 0) is 43.5 Å². The minimum absolute atomic E-state index is 0.0609. The normalized spacial score (nSPS) is 20.8. The summed E-state index contributed by atoms with van der Waals surface area (Å²) in [6, 6.07) is 6.42. The lowest BCUT2D eigenvalue weighted by molar-refractivity contribution is -0.121. The van der Waals surface area contributed by atoms with Crippen LogP contribution in [0.4, 0.5) is 10.8 Å². The Labute approximate surface area is 173 Å². The van der Waals surface area contributed by atoms with Gasteiger partial charge in [0.15, 0.2) is 5.13 Å². The van der Waals surface area contributed by atoms with E-state index < -0.39 is 15.9 Å². The predicted octanol–water partition coefficient (Wildman–Crippen LogP) is 2.31. The smallest absolute Gasteiger partial charge is 0.243 e. The van der Waals surface area contributed by atoms with Gasteiger partial charge in [-0.3, -0.25) is 9.59 Å². The minimum Gasteiger partial charge on any atom is -0.312 e. The molecule has 1 atom stereocenters. The maximum absolute atomic E-state index is 13.1. The number of hydrogen-bond acceptors (Lipinski definition) is 6. The number of carbonyl (C=O) groups excluding carboxylic acids is 2. The highest BCUT2D eigenvalue weighted by Gasteiger charge is 2.33. The fourth-order valence-electron chi connectivity index (χ4n) is 3.74. The molecule has 1 N–H and O–H groups in total. The van der Waals surface area contributed by atoms with Crippen LogP contribution in [0.25, 0.3) is 0 Å². The molecule has 4 rings (SSSR count). The van der Waals surface area contributed by atoms with Crippen molar-refractivity contribution in [3.05, 3.63) is 35.8 Å². The van der Waals surface area contributed by atoms with Gasteiger partial charge in [0.2, 0.25) is 21.8 Å².